The number of phenols is 1. The number of rotatable bonds is 8. The van der Waals surface area contributed by atoms with Crippen LogP contribution in [0.2, 0.25) is 0 Å². The Morgan fingerprint density at radius 3 is 2.07 bits per heavy atom. The van der Waals surface area contributed by atoms with Crippen LogP contribution in [0.5, 0.6) is 11.5 Å². The van der Waals surface area contributed by atoms with Gasteiger partial charge in [0.1, 0.15) is 11.5 Å². The first-order valence-corrected chi connectivity index (χ1v) is 14.5. The van der Waals surface area contributed by atoms with Crippen molar-refractivity contribution in [1.29, 1.82) is 0 Å². The van der Waals surface area contributed by atoms with E-state index >= 15 is 0 Å². The van der Waals surface area contributed by atoms with Gasteiger partial charge in [-0.2, -0.15) is 0 Å². The Morgan fingerprint density at radius 1 is 0.814 bits per heavy atom. The van der Waals surface area contributed by atoms with Crippen LogP contribution < -0.4 is 10.1 Å². The lowest BCUT2D eigenvalue weighted by Gasteiger charge is -2.39. The quantitative estimate of drug-likeness (QED) is 0.293. The molecule has 0 spiro atoms. The molecule has 4 aromatic rings. The zero-order valence-electron chi connectivity index (χ0n) is 23.7. The number of nitrogens with one attached hydrogen (secondary N) is 1. The van der Waals surface area contributed by atoms with E-state index in [1.807, 2.05) is 17.0 Å². The van der Waals surface area contributed by atoms with E-state index in [-0.39, 0.29) is 41.6 Å². The molecular weight excluding hydrogens is 542 g/mol. The third kappa shape index (κ3) is 6.29. The number of benzene rings is 4. The molecule has 1 fully saturated rings. The molecule has 2 amide bonds. The van der Waals surface area contributed by atoms with Crippen molar-refractivity contribution in [2.75, 3.05) is 38.1 Å². The molecule has 0 saturated carbocycles. The molecule has 2 aliphatic rings. The van der Waals surface area contributed by atoms with Crippen molar-refractivity contribution in [2.45, 2.75) is 18.9 Å². The number of nitrogens with zero attached hydrogens (tertiary/aromatic N) is 2. The fourth-order valence-corrected chi connectivity index (χ4v) is 5.81. The Labute approximate surface area is 250 Å². The topological polar surface area (TPSA) is 99.2 Å². The van der Waals surface area contributed by atoms with Crippen LogP contribution in [0.1, 0.15) is 45.1 Å². The SMILES string of the molecule is O=C1CCc2cc(C(=O)c3ccc(OCC(=O)N4CCN(C(c5ccccc5)c5ccccc5)CC4)cc3)c(O)cc2N1. The normalized spacial score (nSPS) is 15.1. The molecule has 0 atom stereocenters. The molecule has 0 bridgehead atoms. The number of phenolic OH excluding ortho intramolecular Hbond substituents is 1. The van der Waals surface area contributed by atoms with Crippen molar-refractivity contribution < 1.29 is 24.2 Å². The molecule has 0 unspecified atom stereocenters. The number of hydrogen-bond donors (Lipinski definition) is 2. The first-order valence-electron chi connectivity index (χ1n) is 14.5. The summed E-state index contributed by atoms with van der Waals surface area (Å²) in [5.41, 5.74) is 4.38. The fourth-order valence-electron chi connectivity index (χ4n) is 5.81. The predicted molar refractivity (Wildman–Crippen MR) is 163 cm³/mol. The van der Waals surface area contributed by atoms with Crippen molar-refractivity contribution in [3.05, 3.63) is 125 Å². The largest absolute Gasteiger partial charge is 0.507 e. The lowest BCUT2D eigenvalue weighted by molar-refractivity contribution is -0.135. The number of ketones is 1. The Balaban J connectivity index is 1.04. The van der Waals surface area contributed by atoms with Crippen molar-refractivity contribution in [2.24, 2.45) is 0 Å². The van der Waals surface area contributed by atoms with Crippen molar-refractivity contribution in [1.82, 2.24) is 9.80 Å². The minimum Gasteiger partial charge on any atom is -0.507 e. The maximum atomic E-state index is 13.1. The number of aromatic hydroxyl groups is 1. The molecule has 8 nitrogen and oxygen atoms in total. The molecule has 8 heteroatoms. The number of aryl methyl sites for hydroxylation is 1. The highest BCUT2D eigenvalue weighted by atomic mass is 16.5. The zero-order valence-corrected chi connectivity index (χ0v) is 23.7. The molecule has 0 aliphatic carbocycles. The number of anilines is 1. The van der Waals surface area contributed by atoms with Crippen molar-refractivity contribution in [3.63, 3.8) is 0 Å². The maximum Gasteiger partial charge on any atom is 0.260 e. The van der Waals surface area contributed by atoms with E-state index in [4.69, 9.17) is 4.74 Å². The summed E-state index contributed by atoms with van der Waals surface area (Å²) >= 11 is 0. The summed E-state index contributed by atoms with van der Waals surface area (Å²) in [6.45, 7) is 2.63. The molecule has 0 aromatic heterocycles. The van der Waals surface area contributed by atoms with Crippen LogP contribution >= 0.6 is 0 Å². The van der Waals surface area contributed by atoms with Crippen LogP contribution in [0.25, 0.3) is 0 Å². The highest BCUT2D eigenvalue weighted by molar-refractivity contribution is 6.11. The van der Waals surface area contributed by atoms with Gasteiger partial charge >= 0.3 is 0 Å². The summed E-state index contributed by atoms with van der Waals surface area (Å²) in [6, 6.07) is 30.6. The average molecular weight is 576 g/mol. The third-order valence-corrected chi connectivity index (χ3v) is 8.10. The predicted octanol–water partition coefficient (Wildman–Crippen LogP) is 4.82. The van der Waals surface area contributed by atoms with Gasteiger partial charge in [0.05, 0.1) is 11.6 Å². The lowest BCUT2D eigenvalue weighted by Crippen LogP contribution is -2.51. The van der Waals surface area contributed by atoms with Gasteiger partial charge in [-0.25, -0.2) is 0 Å². The van der Waals surface area contributed by atoms with E-state index in [2.05, 4.69) is 58.7 Å². The van der Waals surface area contributed by atoms with Crippen LogP contribution in [0.4, 0.5) is 5.69 Å². The van der Waals surface area contributed by atoms with Crippen LogP contribution in [0.3, 0.4) is 0 Å². The van der Waals surface area contributed by atoms with E-state index in [0.717, 1.165) is 18.7 Å². The second-order valence-corrected chi connectivity index (χ2v) is 10.9. The van der Waals surface area contributed by atoms with Crippen LogP contribution in [-0.2, 0) is 16.0 Å². The van der Waals surface area contributed by atoms with Gasteiger partial charge in [-0.05, 0) is 53.4 Å². The molecule has 4 aromatic carbocycles. The van der Waals surface area contributed by atoms with E-state index in [0.29, 0.717) is 42.9 Å². The fraction of sp³-hybridized carbons (Fsp3) is 0.229. The number of ether oxygens (including phenoxy) is 1. The van der Waals surface area contributed by atoms with Gasteiger partial charge in [0.15, 0.2) is 12.4 Å². The summed E-state index contributed by atoms with van der Waals surface area (Å²) in [5, 5.41) is 13.2. The lowest BCUT2D eigenvalue weighted by atomic mass is 9.95. The van der Waals surface area contributed by atoms with Gasteiger partial charge in [0.25, 0.3) is 5.91 Å². The first-order chi connectivity index (χ1) is 21.0. The molecule has 218 valence electrons. The molecule has 6 rings (SSSR count). The number of piperazine rings is 1. The van der Waals surface area contributed by atoms with Crippen molar-refractivity contribution >= 4 is 23.3 Å². The molecule has 0 radical (unpaired) electrons. The van der Waals surface area contributed by atoms with Crippen LogP contribution in [0.15, 0.2) is 97.1 Å². The zero-order chi connectivity index (χ0) is 29.8. The minimum atomic E-state index is -0.331. The number of carbonyl (C=O) groups is 3. The number of amides is 2. The molecule has 2 N–H and O–H groups in total. The summed E-state index contributed by atoms with van der Waals surface area (Å²) in [7, 11) is 0. The second kappa shape index (κ2) is 12.5. The molecular formula is C35H33N3O5. The van der Waals surface area contributed by atoms with Gasteiger partial charge in [-0.3, -0.25) is 19.3 Å². The third-order valence-electron chi connectivity index (χ3n) is 8.10. The summed E-state index contributed by atoms with van der Waals surface area (Å²) in [6.07, 6.45) is 0.853. The first kappa shape index (κ1) is 28.2. The number of hydrogen-bond acceptors (Lipinski definition) is 6. The average Bonchev–Trinajstić information content (AvgIpc) is 3.05. The van der Waals surface area contributed by atoms with E-state index < -0.39 is 0 Å². The summed E-state index contributed by atoms with van der Waals surface area (Å²) < 4.78 is 5.78. The molecule has 2 aliphatic heterocycles. The smallest absolute Gasteiger partial charge is 0.260 e. The molecule has 43 heavy (non-hydrogen) atoms. The van der Waals surface area contributed by atoms with E-state index in [1.165, 1.54) is 17.2 Å². The van der Waals surface area contributed by atoms with Gasteiger partial charge in [0.2, 0.25) is 5.91 Å². The monoisotopic (exact) mass is 575 g/mol. The van der Waals surface area contributed by atoms with Gasteiger partial charge in [0, 0.05) is 49.9 Å². The molecule has 2 heterocycles. The Bertz CT molecular complexity index is 1580. The van der Waals surface area contributed by atoms with Gasteiger partial charge in [-0.1, -0.05) is 60.7 Å². The van der Waals surface area contributed by atoms with Crippen molar-refractivity contribution in [3.8, 4) is 11.5 Å². The van der Waals surface area contributed by atoms with Crippen LogP contribution in [-0.4, -0.2) is 65.3 Å². The Kier molecular flexibility index (Phi) is 8.20. The summed E-state index contributed by atoms with van der Waals surface area (Å²) in [4.78, 5) is 42.0. The Morgan fingerprint density at radius 2 is 1.44 bits per heavy atom. The number of carbonyl (C=O) groups excluding carboxylic acids is 3. The Hall–Kier alpha value is -4.95. The summed E-state index contributed by atoms with van der Waals surface area (Å²) in [5.74, 6) is -0.226. The highest BCUT2D eigenvalue weighted by Crippen LogP contribution is 2.32. The van der Waals surface area contributed by atoms with Gasteiger partial charge < -0.3 is 20.1 Å². The maximum absolute atomic E-state index is 13.1. The second-order valence-electron chi connectivity index (χ2n) is 10.9. The number of fused-ring (bicyclic) bond motifs is 1. The van der Waals surface area contributed by atoms with E-state index in [1.54, 1.807) is 30.3 Å². The van der Waals surface area contributed by atoms with Gasteiger partial charge in [-0.15, -0.1) is 0 Å². The van der Waals surface area contributed by atoms with E-state index in [9.17, 15) is 19.5 Å². The highest BCUT2D eigenvalue weighted by Gasteiger charge is 2.28. The van der Waals surface area contributed by atoms with Crippen LogP contribution in [0, 0.1) is 0 Å². The standard InChI is InChI=1S/C35H33N3O5/c39-31-22-30-27(13-16-32(40)36-30)21-29(31)35(42)26-11-14-28(15-12-26)43-23-33(41)37-17-19-38(20-18-37)34(24-7-3-1-4-8-24)25-9-5-2-6-10-25/h1-12,14-15,21-22,34,39H,13,16-20,23H2,(H,36,40). The molecule has 1 saturated heterocycles. The minimum absolute atomic E-state index is 0.0816.